The molecule has 0 unspecified atom stereocenters. The van der Waals surface area contributed by atoms with Gasteiger partial charge in [-0.1, -0.05) is 12.1 Å². The number of hydrogen-bond donors (Lipinski definition) is 2. The molecule has 0 saturated carbocycles. The summed E-state index contributed by atoms with van der Waals surface area (Å²) in [5.74, 6) is -1.17. The number of aromatic nitrogens is 2. The normalized spacial score (nSPS) is 10.4. The van der Waals surface area contributed by atoms with E-state index in [2.05, 4.69) is 10.4 Å². The minimum atomic E-state index is -1.07. The van der Waals surface area contributed by atoms with Crippen LogP contribution in [0.1, 0.15) is 27.2 Å². The van der Waals surface area contributed by atoms with Crippen molar-refractivity contribution in [3.05, 3.63) is 57.0 Å². The van der Waals surface area contributed by atoms with Crippen molar-refractivity contribution in [2.45, 2.75) is 20.4 Å². The maximum absolute atomic E-state index is 12.4. The molecule has 0 spiro atoms. The Balaban J connectivity index is 2.12. The minimum Gasteiger partial charge on any atom is -0.482 e. The summed E-state index contributed by atoms with van der Waals surface area (Å²) in [5, 5.41) is 15.4. The van der Waals surface area contributed by atoms with Gasteiger partial charge in [0.1, 0.15) is 11.3 Å². The quantitative estimate of drug-likeness (QED) is 0.801. The van der Waals surface area contributed by atoms with Crippen LogP contribution >= 0.6 is 0 Å². The van der Waals surface area contributed by atoms with Crippen molar-refractivity contribution >= 4 is 11.9 Å². The van der Waals surface area contributed by atoms with E-state index in [-0.39, 0.29) is 12.1 Å². The molecule has 2 rings (SSSR count). The van der Waals surface area contributed by atoms with Crippen LogP contribution in [0.15, 0.2) is 29.1 Å². The highest BCUT2D eigenvalue weighted by molar-refractivity contribution is 5.95. The van der Waals surface area contributed by atoms with Gasteiger partial charge in [-0.05, 0) is 37.1 Å². The van der Waals surface area contributed by atoms with Crippen molar-refractivity contribution in [2.24, 2.45) is 7.05 Å². The summed E-state index contributed by atoms with van der Waals surface area (Å²) < 4.78 is 6.23. The van der Waals surface area contributed by atoms with E-state index in [0.29, 0.717) is 17.0 Å². The van der Waals surface area contributed by atoms with Gasteiger partial charge < -0.3 is 15.2 Å². The molecule has 0 aliphatic heterocycles. The molecule has 2 N–H and O–H groups in total. The van der Waals surface area contributed by atoms with Gasteiger partial charge in [0.05, 0.1) is 5.69 Å². The molecular formula is C17H19N3O5. The van der Waals surface area contributed by atoms with Crippen molar-refractivity contribution in [1.29, 1.82) is 0 Å². The lowest BCUT2D eigenvalue weighted by Crippen LogP contribution is -2.34. The number of carbonyl (C=O) groups excluding carboxylic acids is 1. The highest BCUT2D eigenvalue weighted by Gasteiger charge is 2.17. The Morgan fingerprint density at radius 2 is 2.04 bits per heavy atom. The Morgan fingerprint density at radius 3 is 2.72 bits per heavy atom. The van der Waals surface area contributed by atoms with Gasteiger partial charge in [0.2, 0.25) is 0 Å². The van der Waals surface area contributed by atoms with Gasteiger partial charge in [-0.25, -0.2) is 9.48 Å². The molecule has 1 amide bonds. The molecule has 0 saturated heterocycles. The molecule has 2 aromatic rings. The third-order valence-corrected chi connectivity index (χ3v) is 3.67. The predicted octanol–water partition coefficient (Wildman–Crippen LogP) is 0.791. The van der Waals surface area contributed by atoms with Crippen molar-refractivity contribution < 1.29 is 19.4 Å². The largest absolute Gasteiger partial charge is 0.482 e. The van der Waals surface area contributed by atoms with E-state index in [1.165, 1.54) is 7.05 Å². The summed E-state index contributed by atoms with van der Waals surface area (Å²) in [4.78, 5) is 35.1. The fourth-order valence-electron chi connectivity index (χ4n) is 2.28. The summed E-state index contributed by atoms with van der Waals surface area (Å²) >= 11 is 0. The Bertz CT molecular complexity index is 873. The number of carbonyl (C=O) groups is 2. The SMILES string of the molecule is Cc1nn(C)c(=O)c(C(=O)NCc2cccc(OCC(=O)O)c2)c1C. The zero-order valence-corrected chi connectivity index (χ0v) is 14.2. The number of nitrogens with zero attached hydrogens (tertiary/aromatic N) is 2. The molecule has 1 aromatic carbocycles. The van der Waals surface area contributed by atoms with Gasteiger partial charge in [-0.3, -0.25) is 9.59 Å². The minimum absolute atomic E-state index is 0.0632. The second kappa shape index (κ2) is 7.61. The van der Waals surface area contributed by atoms with Gasteiger partial charge in [0.15, 0.2) is 6.61 Å². The van der Waals surface area contributed by atoms with Crippen LogP contribution in [-0.2, 0) is 18.4 Å². The topological polar surface area (TPSA) is 111 Å². The molecule has 25 heavy (non-hydrogen) atoms. The highest BCUT2D eigenvalue weighted by Crippen LogP contribution is 2.13. The summed E-state index contributed by atoms with van der Waals surface area (Å²) in [7, 11) is 1.49. The van der Waals surface area contributed by atoms with Gasteiger partial charge in [0.25, 0.3) is 11.5 Å². The summed E-state index contributed by atoms with van der Waals surface area (Å²) in [5.41, 5.74) is 1.47. The second-order valence-corrected chi connectivity index (χ2v) is 5.53. The molecule has 0 fully saturated rings. The molecule has 0 aliphatic carbocycles. The second-order valence-electron chi connectivity index (χ2n) is 5.53. The Hall–Kier alpha value is -3.16. The van der Waals surface area contributed by atoms with Gasteiger partial charge in [-0.15, -0.1) is 0 Å². The first-order valence-corrected chi connectivity index (χ1v) is 7.56. The first-order chi connectivity index (χ1) is 11.8. The van der Waals surface area contributed by atoms with Crippen LogP contribution in [0, 0.1) is 13.8 Å². The molecule has 0 atom stereocenters. The zero-order valence-electron chi connectivity index (χ0n) is 14.2. The van der Waals surface area contributed by atoms with Crippen molar-refractivity contribution in [3.63, 3.8) is 0 Å². The van der Waals surface area contributed by atoms with E-state index in [9.17, 15) is 14.4 Å². The molecular weight excluding hydrogens is 326 g/mol. The van der Waals surface area contributed by atoms with Gasteiger partial charge >= 0.3 is 5.97 Å². The maximum Gasteiger partial charge on any atom is 0.341 e. The van der Waals surface area contributed by atoms with Crippen LogP contribution in [-0.4, -0.2) is 33.4 Å². The van der Waals surface area contributed by atoms with E-state index in [1.54, 1.807) is 38.1 Å². The lowest BCUT2D eigenvalue weighted by Gasteiger charge is -2.11. The monoisotopic (exact) mass is 345 g/mol. The fourth-order valence-corrected chi connectivity index (χ4v) is 2.28. The van der Waals surface area contributed by atoms with Crippen LogP contribution in [0.25, 0.3) is 0 Å². The molecule has 0 aliphatic rings. The van der Waals surface area contributed by atoms with Gasteiger partial charge in [0, 0.05) is 13.6 Å². The molecule has 1 aromatic heterocycles. The van der Waals surface area contributed by atoms with E-state index in [1.807, 2.05) is 0 Å². The maximum atomic E-state index is 12.4. The average molecular weight is 345 g/mol. The smallest absolute Gasteiger partial charge is 0.341 e. The third kappa shape index (κ3) is 4.43. The van der Waals surface area contributed by atoms with Crippen LogP contribution in [0.3, 0.4) is 0 Å². The number of benzene rings is 1. The fraction of sp³-hybridized carbons (Fsp3) is 0.294. The number of amides is 1. The Labute approximate surface area is 144 Å². The number of aryl methyl sites for hydroxylation is 2. The number of aliphatic carboxylic acids is 1. The average Bonchev–Trinajstić information content (AvgIpc) is 2.57. The lowest BCUT2D eigenvalue weighted by atomic mass is 10.1. The number of rotatable bonds is 6. The summed E-state index contributed by atoms with van der Waals surface area (Å²) in [6, 6.07) is 6.71. The lowest BCUT2D eigenvalue weighted by molar-refractivity contribution is -0.139. The molecule has 132 valence electrons. The van der Waals surface area contributed by atoms with E-state index in [0.717, 1.165) is 10.2 Å². The van der Waals surface area contributed by atoms with Crippen LogP contribution < -0.4 is 15.6 Å². The number of carboxylic acids is 1. The molecule has 8 nitrogen and oxygen atoms in total. The molecule has 1 heterocycles. The highest BCUT2D eigenvalue weighted by atomic mass is 16.5. The van der Waals surface area contributed by atoms with Crippen molar-refractivity contribution in [2.75, 3.05) is 6.61 Å². The number of ether oxygens (including phenoxy) is 1. The molecule has 0 radical (unpaired) electrons. The molecule has 8 heteroatoms. The first-order valence-electron chi connectivity index (χ1n) is 7.56. The van der Waals surface area contributed by atoms with Crippen LogP contribution in [0.4, 0.5) is 0 Å². The standard InChI is InChI=1S/C17H19N3O5/c1-10-11(2)19-20(3)17(24)15(10)16(23)18-8-12-5-4-6-13(7-12)25-9-14(21)22/h4-7H,8-9H2,1-3H3,(H,18,23)(H,21,22). The van der Waals surface area contributed by atoms with Crippen molar-refractivity contribution in [1.82, 2.24) is 15.1 Å². The predicted molar refractivity (Wildman–Crippen MR) is 89.7 cm³/mol. The number of nitrogens with one attached hydrogen (secondary N) is 1. The molecule has 0 bridgehead atoms. The Morgan fingerprint density at radius 1 is 1.32 bits per heavy atom. The van der Waals surface area contributed by atoms with E-state index in [4.69, 9.17) is 9.84 Å². The van der Waals surface area contributed by atoms with Crippen molar-refractivity contribution in [3.8, 4) is 5.75 Å². The van der Waals surface area contributed by atoms with E-state index >= 15 is 0 Å². The summed E-state index contributed by atoms with van der Waals surface area (Å²) in [6.07, 6.45) is 0. The first kappa shape index (κ1) is 18.2. The Kier molecular flexibility index (Phi) is 5.53. The van der Waals surface area contributed by atoms with Gasteiger partial charge in [-0.2, -0.15) is 5.10 Å². The number of carboxylic acid groups (broad SMARTS) is 1. The summed E-state index contributed by atoms with van der Waals surface area (Å²) in [6.45, 7) is 3.14. The van der Waals surface area contributed by atoms with Crippen LogP contribution in [0.2, 0.25) is 0 Å². The van der Waals surface area contributed by atoms with Crippen LogP contribution in [0.5, 0.6) is 5.75 Å². The van der Waals surface area contributed by atoms with E-state index < -0.39 is 24.0 Å². The zero-order chi connectivity index (χ0) is 18.6. The third-order valence-electron chi connectivity index (χ3n) is 3.67. The number of hydrogen-bond acceptors (Lipinski definition) is 5.